The monoisotopic (exact) mass is 1600 g/mol. The average Bonchev–Trinajstić information content (AvgIpc) is 0.763. The Bertz CT molecular complexity index is 4410. The van der Waals surface area contributed by atoms with Crippen LogP contribution in [0, 0.1) is 0 Å². The topological polar surface area (TPSA) is 640 Å². The van der Waals surface area contributed by atoms with Crippen LogP contribution in [0.1, 0.15) is 16.7 Å². The van der Waals surface area contributed by atoms with Crippen molar-refractivity contribution in [1.29, 1.82) is 0 Å². The molecular formula is C73H81O40+. The molecule has 22 N–H and O–H groups in total. The fourth-order valence-electron chi connectivity index (χ4n) is 12.2. The maximum Gasteiger partial charge on any atom is 0.510 e. The minimum Gasteiger partial charge on any atom is -0.507 e. The molecule has 40 heteroatoms. The van der Waals surface area contributed by atoms with Crippen molar-refractivity contribution in [2.75, 3.05) is 40.1 Å². The van der Waals surface area contributed by atoms with E-state index in [1.807, 2.05) is 0 Å². The number of hydrogen-bond acceptors (Lipinski definition) is 39. The number of aromatic hydroxyl groups is 5. The maximum atomic E-state index is 13.4. The first kappa shape index (κ1) is 84.0. The summed E-state index contributed by atoms with van der Waals surface area (Å²) in [6.45, 7) is -4.01. The van der Waals surface area contributed by atoms with Gasteiger partial charge in [-0.15, -0.1) is 0 Å². The Kier molecular flexibility index (Phi) is 27.1. The number of hydrogen-bond donors (Lipinski definition) is 21. The largest absolute Gasteiger partial charge is 0.510 e. The Hall–Kier alpha value is -9.94. The van der Waals surface area contributed by atoms with E-state index >= 15 is 0 Å². The van der Waals surface area contributed by atoms with Crippen LogP contribution in [0.5, 0.6) is 57.5 Å². The van der Waals surface area contributed by atoms with Crippen LogP contribution in [0.25, 0.3) is 40.9 Å². The number of esters is 3. The third-order valence-corrected chi connectivity index (χ3v) is 18.6. The molecule has 612 valence electrons. The zero-order valence-corrected chi connectivity index (χ0v) is 58.8. The summed E-state index contributed by atoms with van der Waals surface area (Å²) in [5, 5.41) is 224. The Morgan fingerprint density at radius 2 is 0.814 bits per heavy atom. The zero-order chi connectivity index (χ0) is 81.5. The van der Waals surface area contributed by atoms with E-state index in [0.29, 0.717) is 0 Å². The molecule has 0 saturated carbocycles. The van der Waals surface area contributed by atoms with Gasteiger partial charge in [0.25, 0.3) is 0 Å². The van der Waals surface area contributed by atoms with Crippen LogP contribution >= 0.6 is 0 Å². The van der Waals surface area contributed by atoms with Gasteiger partial charge in [0, 0.05) is 29.8 Å². The van der Waals surface area contributed by atoms with Crippen LogP contribution in [-0.2, 0) is 52.2 Å². The maximum absolute atomic E-state index is 13.4. The lowest BCUT2D eigenvalue weighted by molar-refractivity contribution is -0.357. The van der Waals surface area contributed by atoms with Gasteiger partial charge in [0.2, 0.25) is 31.8 Å². The molecule has 6 heterocycles. The zero-order valence-electron chi connectivity index (χ0n) is 58.8. The highest BCUT2D eigenvalue weighted by atomic mass is 16.8. The van der Waals surface area contributed by atoms with Gasteiger partial charge >= 0.3 is 17.9 Å². The van der Waals surface area contributed by atoms with Crippen molar-refractivity contribution in [3.63, 3.8) is 0 Å². The number of phenolic OH excluding ortho intramolecular Hbond substituents is 5. The molecule has 11 rings (SSSR count). The lowest BCUT2D eigenvalue weighted by atomic mass is 9.97. The second kappa shape index (κ2) is 36.5. The summed E-state index contributed by atoms with van der Waals surface area (Å²) in [5.41, 5.74) is -0.295. The summed E-state index contributed by atoms with van der Waals surface area (Å²) in [6, 6.07) is 17.7. The van der Waals surface area contributed by atoms with Gasteiger partial charge in [-0.2, -0.15) is 0 Å². The van der Waals surface area contributed by atoms with Gasteiger partial charge in [0.1, 0.15) is 141 Å². The molecule has 0 spiro atoms. The van der Waals surface area contributed by atoms with E-state index in [0.717, 1.165) is 66.8 Å². The van der Waals surface area contributed by atoms with Gasteiger partial charge in [-0.05, 0) is 95.6 Å². The highest BCUT2D eigenvalue weighted by molar-refractivity contribution is 5.89. The van der Waals surface area contributed by atoms with Gasteiger partial charge in [-0.1, -0.05) is 18.2 Å². The van der Waals surface area contributed by atoms with Crippen LogP contribution in [-0.4, -0.2) is 324 Å². The molecule has 7 aliphatic rings. The number of aliphatic hydroxyl groups excluding tert-OH is 16. The van der Waals surface area contributed by atoms with Crippen molar-refractivity contribution < 1.29 is 192 Å². The van der Waals surface area contributed by atoms with Crippen molar-refractivity contribution in [3.8, 4) is 80.1 Å². The highest BCUT2D eigenvalue weighted by Crippen LogP contribution is 2.45. The standard InChI is InChI=1S/C73H80O40/c1-99-41-19-31(8-11-34(41)77)67-44(22-33-37(80)20-32(76)21-40(33)103-67)107-73-68(113-72-66(98)61(93)56(88)48(111-72)26-101-52(84)15-7-30-3-10-36(79)43(18-30)106-71-64(96)59(91)54(86)46(24-75)109-71)62(94)57(89)49(112-73)27-102-50(82)13-5-28-4-12-39(38(81)16-28)104-69-65(97)60(92)55(87)47(110-69)25-100-51(83)14-6-29-2-9-35(78)42(17-29)105-70-63(95)58(90)53(85)45(23-74)108-70/h2-22,45-49,53-66,68-75,77-81,85-98H,23-27H2,1H3/p+1/b13-5+,14-6?,15-7?/t45-,46+,47-,48+,49-,53-,54+,55-,56+,57-,58+,59-,60+,61-,62+,63-,64+,65-,66+,68-,69-,70-,71+,72-,73+/m1/s1. The Morgan fingerprint density at radius 3 is 1.33 bits per heavy atom. The lowest BCUT2D eigenvalue weighted by Crippen LogP contribution is -2.65. The number of benzene rings is 5. The first-order chi connectivity index (χ1) is 53.8. The summed E-state index contributed by atoms with van der Waals surface area (Å²) in [5.74, 6) is -7.61. The molecule has 0 radical (unpaired) electrons. The number of methoxy groups -OCH3 is 1. The minimum absolute atomic E-state index is 0.0700. The molecule has 0 bridgehead atoms. The highest BCUT2D eigenvalue weighted by Gasteiger charge is 2.54. The average molecular weight is 1600 g/mol. The minimum atomic E-state index is -2.23. The molecule has 4 aromatic rings. The number of fused-ring (bicyclic) bond motifs is 1. The molecule has 113 heavy (non-hydrogen) atoms. The number of carbonyl (C=O) groups is 2. The fourth-order valence-corrected chi connectivity index (χ4v) is 12.2. The van der Waals surface area contributed by atoms with E-state index in [9.17, 15) is 126 Å². The third-order valence-electron chi connectivity index (χ3n) is 18.6. The number of phenols is 5. The van der Waals surface area contributed by atoms with E-state index in [1.165, 1.54) is 67.8 Å². The summed E-state index contributed by atoms with van der Waals surface area (Å²) >= 11 is 0. The third kappa shape index (κ3) is 19.3. The van der Waals surface area contributed by atoms with Gasteiger partial charge in [0.05, 0.1) is 32.0 Å². The molecule has 0 unspecified atom stereocenters. The van der Waals surface area contributed by atoms with Crippen molar-refractivity contribution >= 4 is 36.1 Å². The summed E-state index contributed by atoms with van der Waals surface area (Å²) in [6.07, 6.45) is -40.1. The summed E-state index contributed by atoms with van der Waals surface area (Å²) < 4.78 is 84.9. The van der Waals surface area contributed by atoms with Gasteiger partial charge in [-0.3, -0.25) is 4.79 Å². The van der Waals surface area contributed by atoms with Crippen LogP contribution < -0.4 is 29.1 Å². The molecule has 0 amide bonds. The van der Waals surface area contributed by atoms with Crippen molar-refractivity contribution in [1.82, 2.24) is 0 Å². The number of rotatable bonds is 26. The molecule has 1 aliphatic carbocycles. The van der Waals surface area contributed by atoms with E-state index in [4.69, 9.17) is 70.7 Å². The second-order valence-corrected chi connectivity index (χ2v) is 26.3. The van der Waals surface area contributed by atoms with Crippen molar-refractivity contribution in [3.05, 3.63) is 136 Å². The van der Waals surface area contributed by atoms with E-state index in [-0.39, 0.29) is 68.1 Å². The van der Waals surface area contributed by atoms with Gasteiger partial charge in [-0.25, -0.2) is 9.59 Å². The normalized spacial score (nSPS) is 32.1. The molecule has 6 aliphatic heterocycles. The first-order valence-electron chi connectivity index (χ1n) is 34.4. The number of carbonyl (C=O) groups excluding carboxylic acids is 3. The van der Waals surface area contributed by atoms with Crippen LogP contribution in [0.3, 0.4) is 0 Å². The van der Waals surface area contributed by atoms with Crippen LogP contribution in [0.15, 0.2) is 118 Å². The molecular weight excluding hydrogens is 1520 g/mol. The molecule has 0 aromatic heterocycles. The molecule has 5 fully saturated rings. The van der Waals surface area contributed by atoms with Gasteiger partial charge < -0.3 is 183 Å². The van der Waals surface area contributed by atoms with Crippen LogP contribution in [0.2, 0.25) is 0 Å². The fraction of sp³-hybridized carbons (Fsp3) is 0.425. The number of ether oxygens (including phenoxy) is 14. The lowest BCUT2D eigenvalue weighted by Gasteiger charge is -2.45. The molecule has 4 aromatic carbocycles. The molecule has 5 saturated heterocycles. The smallest absolute Gasteiger partial charge is 0.507 e. The van der Waals surface area contributed by atoms with E-state index in [2.05, 4.69) is 0 Å². The quantitative estimate of drug-likeness (QED) is 0.0105. The first-order valence-corrected chi connectivity index (χ1v) is 34.4. The molecule has 40 nitrogen and oxygen atoms in total. The summed E-state index contributed by atoms with van der Waals surface area (Å²) in [7, 11) is 1.23. The van der Waals surface area contributed by atoms with E-state index < -0.39 is 239 Å². The summed E-state index contributed by atoms with van der Waals surface area (Å²) in [4.78, 5) is 49.8. The Labute approximate surface area is 636 Å². The van der Waals surface area contributed by atoms with Crippen molar-refractivity contribution in [2.24, 2.45) is 0 Å². The van der Waals surface area contributed by atoms with Crippen LogP contribution in [0.4, 0.5) is 0 Å². The number of aliphatic hydroxyl groups is 16. The van der Waals surface area contributed by atoms with Gasteiger partial charge in [0.15, 0.2) is 75.3 Å². The predicted octanol–water partition coefficient (Wildman–Crippen LogP) is -4.74. The SMILES string of the molecule is COc1cc(-c2oc3cc(=O)cc(O)c-3cc2O[C@H]2O[C@H](COC(=O)/C=C/c3ccc(O[C@@H]4O[C@H](COC(=O)C=Cc5ccc(O)c(O[C@@H]6O[C@H](CO)[C@@H](O)[C@H](O)[C@H]6O)c5)[C@@H](O)[C@H](O)[C@H]4O)c(O)c3)[C@@H](O)[C@H](O)[C@H]2O[C@H]2O[C@@H](COC(=[OH+])C=Cc3ccc(O)c(O[C@H]4O[C@@H](CO)[C@H](O)[C@@H](O)[C@@H]4O)c3)[C@H](O)[C@@H](O)[C@@H]2O)ccc1O. The van der Waals surface area contributed by atoms with E-state index in [1.54, 1.807) is 0 Å². The van der Waals surface area contributed by atoms with Crippen molar-refractivity contribution in [2.45, 2.75) is 154 Å². The second-order valence-electron chi connectivity index (χ2n) is 26.3. The Morgan fingerprint density at radius 1 is 0.398 bits per heavy atom. The molecule has 25 atom stereocenters. The Balaban J connectivity index is 0.745. The predicted molar refractivity (Wildman–Crippen MR) is 372 cm³/mol.